The fourth-order valence-corrected chi connectivity index (χ4v) is 2.94. The Morgan fingerprint density at radius 1 is 1.23 bits per heavy atom. The number of nitrogens with two attached hydrogens (primary N) is 1. The lowest BCUT2D eigenvalue weighted by molar-refractivity contribution is 0.0677. The molecule has 0 radical (unpaired) electrons. The summed E-state index contributed by atoms with van der Waals surface area (Å²) in [5.41, 5.74) is 6.58. The van der Waals surface area contributed by atoms with Crippen molar-refractivity contribution in [2.45, 2.75) is 37.8 Å². The molecule has 2 aliphatic rings. The molecule has 1 amide bonds. The molecule has 0 bridgehead atoms. The normalized spacial score (nSPS) is 22.8. The second kappa shape index (κ2) is 7.11. The van der Waals surface area contributed by atoms with Crippen LogP contribution in [0.3, 0.4) is 0 Å². The number of carbonyl (C=O) groups is 1. The lowest BCUT2D eigenvalue weighted by Gasteiger charge is -2.30. The maximum atomic E-state index is 12.4. The fraction of sp³-hybridized carbons (Fsp3) is 0.588. The summed E-state index contributed by atoms with van der Waals surface area (Å²) in [5, 5.41) is 0. The van der Waals surface area contributed by atoms with E-state index < -0.39 is 0 Å². The van der Waals surface area contributed by atoms with Crippen LogP contribution in [0.2, 0.25) is 0 Å². The van der Waals surface area contributed by atoms with Gasteiger partial charge in [-0.2, -0.15) is 0 Å². The molecule has 1 aromatic rings. The van der Waals surface area contributed by atoms with Gasteiger partial charge in [-0.05, 0) is 49.9 Å². The zero-order chi connectivity index (χ0) is 15.4. The van der Waals surface area contributed by atoms with Crippen molar-refractivity contribution in [2.24, 2.45) is 5.73 Å². The highest BCUT2D eigenvalue weighted by atomic mass is 16.5. The number of ether oxygens (including phenoxy) is 2. The average Bonchev–Trinajstić information content (AvgIpc) is 3.07. The first-order valence-corrected chi connectivity index (χ1v) is 8.12. The first kappa shape index (κ1) is 15.3. The minimum atomic E-state index is 0.0811. The number of piperidine rings is 1. The van der Waals surface area contributed by atoms with Gasteiger partial charge >= 0.3 is 0 Å². The van der Waals surface area contributed by atoms with Crippen molar-refractivity contribution in [3.05, 3.63) is 29.8 Å². The van der Waals surface area contributed by atoms with E-state index in [-0.39, 0.29) is 18.1 Å². The first-order chi connectivity index (χ1) is 10.7. The van der Waals surface area contributed by atoms with Crippen molar-refractivity contribution in [1.82, 2.24) is 4.90 Å². The summed E-state index contributed by atoms with van der Waals surface area (Å²) in [6, 6.07) is 7.62. The van der Waals surface area contributed by atoms with Crippen LogP contribution in [0.5, 0.6) is 5.75 Å². The van der Waals surface area contributed by atoms with Crippen LogP contribution in [0.25, 0.3) is 0 Å². The van der Waals surface area contributed by atoms with Crippen molar-refractivity contribution in [3.8, 4) is 5.75 Å². The summed E-state index contributed by atoms with van der Waals surface area (Å²) >= 11 is 0. The Morgan fingerprint density at radius 3 is 2.59 bits per heavy atom. The molecule has 2 saturated heterocycles. The summed E-state index contributed by atoms with van der Waals surface area (Å²) in [7, 11) is 0. The Hall–Kier alpha value is -1.59. The molecule has 0 aliphatic carbocycles. The van der Waals surface area contributed by atoms with Crippen molar-refractivity contribution in [3.63, 3.8) is 0 Å². The van der Waals surface area contributed by atoms with Gasteiger partial charge < -0.3 is 20.1 Å². The summed E-state index contributed by atoms with van der Waals surface area (Å²) < 4.78 is 11.2. The second-order valence-electron chi connectivity index (χ2n) is 6.10. The highest BCUT2D eigenvalue weighted by Gasteiger charge is 2.21. The van der Waals surface area contributed by atoms with Gasteiger partial charge in [-0.3, -0.25) is 4.79 Å². The smallest absolute Gasteiger partial charge is 0.253 e. The Balaban J connectivity index is 1.53. The number of hydrogen-bond acceptors (Lipinski definition) is 4. The van der Waals surface area contributed by atoms with Gasteiger partial charge in [0.05, 0.1) is 6.10 Å². The van der Waals surface area contributed by atoms with Crippen LogP contribution in [0.1, 0.15) is 36.0 Å². The molecular weight excluding hydrogens is 280 g/mol. The lowest BCUT2D eigenvalue weighted by Crippen LogP contribution is -2.42. The largest absolute Gasteiger partial charge is 0.491 e. The van der Waals surface area contributed by atoms with E-state index in [2.05, 4.69) is 0 Å². The van der Waals surface area contributed by atoms with Crippen LogP contribution in [-0.4, -0.2) is 49.3 Å². The van der Waals surface area contributed by atoms with E-state index in [4.69, 9.17) is 15.2 Å². The Kier molecular flexibility index (Phi) is 4.95. The molecule has 22 heavy (non-hydrogen) atoms. The summed E-state index contributed by atoms with van der Waals surface area (Å²) in [4.78, 5) is 14.3. The van der Waals surface area contributed by atoms with E-state index >= 15 is 0 Å². The Morgan fingerprint density at radius 2 is 1.95 bits per heavy atom. The van der Waals surface area contributed by atoms with Crippen molar-refractivity contribution in [2.75, 3.05) is 26.3 Å². The maximum Gasteiger partial charge on any atom is 0.253 e. The molecule has 3 rings (SSSR count). The van der Waals surface area contributed by atoms with E-state index in [0.717, 1.165) is 51.1 Å². The molecule has 2 aliphatic heterocycles. The SMILES string of the molecule is NC1CCN(C(=O)c2ccc(OCC3CCCO3)cc2)CC1. The van der Waals surface area contributed by atoms with Gasteiger partial charge in [0.15, 0.2) is 0 Å². The molecule has 120 valence electrons. The van der Waals surface area contributed by atoms with Gasteiger partial charge in [0.1, 0.15) is 12.4 Å². The molecular formula is C17H24N2O3. The summed E-state index contributed by atoms with van der Waals surface area (Å²) in [5.74, 6) is 0.866. The quantitative estimate of drug-likeness (QED) is 0.921. The van der Waals surface area contributed by atoms with Gasteiger partial charge in [-0.1, -0.05) is 0 Å². The van der Waals surface area contributed by atoms with Gasteiger partial charge in [0.25, 0.3) is 5.91 Å². The minimum Gasteiger partial charge on any atom is -0.491 e. The molecule has 2 N–H and O–H groups in total. The number of hydrogen-bond donors (Lipinski definition) is 1. The third-order valence-corrected chi connectivity index (χ3v) is 4.39. The number of amides is 1. The van der Waals surface area contributed by atoms with E-state index in [9.17, 15) is 4.79 Å². The topological polar surface area (TPSA) is 64.8 Å². The Labute approximate surface area is 131 Å². The molecule has 5 nitrogen and oxygen atoms in total. The van der Waals surface area contributed by atoms with E-state index in [1.807, 2.05) is 29.2 Å². The average molecular weight is 304 g/mol. The highest BCUT2D eigenvalue weighted by Crippen LogP contribution is 2.18. The number of nitrogens with zero attached hydrogens (tertiary/aromatic N) is 1. The molecule has 0 saturated carbocycles. The summed E-state index contributed by atoms with van der Waals surface area (Å²) in [6.45, 7) is 2.91. The molecule has 0 aromatic heterocycles. The molecule has 5 heteroatoms. The van der Waals surface area contributed by atoms with Crippen LogP contribution < -0.4 is 10.5 Å². The fourth-order valence-electron chi connectivity index (χ4n) is 2.94. The Bertz CT molecular complexity index is 489. The van der Waals surface area contributed by atoms with Crippen molar-refractivity contribution < 1.29 is 14.3 Å². The maximum absolute atomic E-state index is 12.4. The van der Waals surface area contributed by atoms with Gasteiger partial charge in [-0.15, -0.1) is 0 Å². The molecule has 1 atom stereocenters. The molecule has 1 aromatic carbocycles. The van der Waals surface area contributed by atoms with Crippen molar-refractivity contribution in [1.29, 1.82) is 0 Å². The molecule has 2 fully saturated rings. The van der Waals surface area contributed by atoms with E-state index in [0.29, 0.717) is 12.2 Å². The number of rotatable bonds is 4. The zero-order valence-electron chi connectivity index (χ0n) is 12.9. The predicted octanol–water partition coefficient (Wildman–Crippen LogP) is 1.81. The van der Waals surface area contributed by atoms with Crippen LogP contribution in [0, 0.1) is 0 Å². The molecule has 0 spiro atoms. The standard InChI is InChI=1S/C17H24N2O3/c18-14-7-9-19(10-8-14)17(20)13-3-5-15(6-4-13)22-12-16-2-1-11-21-16/h3-6,14,16H,1-2,7-12,18H2. The third-order valence-electron chi connectivity index (χ3n) is 4.39. The van der Waals surface area contributed by atoms with Gasteiger partial charge in [0, 0.05) is 31.3 Å². The second-order valence-corrected chi connectivity index (χ2v) is 6.10. The minimum absolute atomic E-state index is 0.0811. The zero-order valence-corrected chi connectivity index (χ0v) is 12.9. The van der Waals surface area contributed by atoms with Crippen molar-refractivity contribution >= 4 is 5.91 Å². The molecule has 1 unspecified atom stereocenters. The molecule has 2 heterocycles. The lowest BCUT2D eigenvalue weighted by atomic mass is 10.0. The van der Waals surface area contributed by atoms with Crippen LogP contribution in [0.15, 0.2) is 24.3 Å². The van der Waals surface area contributed by atoms with Crippen LogP contribution in [0.4, 0.5) is 0 Å². The number of carbonyl (C=O) groups excluding carboxylic acids is 1. The monoisotopic (exact) mass is 304 g/mol. The number of benzene rings is 1. The van der Waals surface area contributed by atoms with E-state index in [1.54, 1.807) is 0 Å². The van der Waals surface area contributed by atoms with Gasteiger partial charge in [0.2, 0.25) is 0 Å². The first-order valence-electron chi connectivity index (χ1n) is 8.12. The van der Waals surface area contributed by atoms with Gasteiger partial charge in [-0.25, -0.2) is 0 Å². The third kappa shape index (κ3) is 3.78. The summed E-state index contributed by atoms with van der Waals surface area (Å²) in [6.07, 6.45) is 4.15. The van der Waals surface area contributed by atoms with E-state index in [1.165, 1.54) is 0 Å². The van der Waals surface area contributed by atoms with Crippen LogP contribution >= 0.6 is 0 Å². The predicted molar refractivity (Wildman–Crippen MR) is 84.0 cm³/mol. The number of likely N-dealkylation sites (tertiary alicyclic amines) is 1. The highest BCUT2D eigenvalue weighted by molar-refractivity contribution is 5.94. The van der Waals surface area contributed by atoms with Crippen LogP contribution in [-0.2, 0) is 4.74 Å².